The van der Waals surface area contributed by atoms with Crippen molar-refractivity contribution in [1.29, 1.82) is 0 Å². The van der Waals surface area contributed by atoms with Gasteiger partial charge in [-0.05, 0) is 60.7 Å². The van der Waals surface area contributed by atoms with Gasteiger partial charge in [0.2, 0.25) is 0 Å². The fraction of sp³-hybridized carbons (Fsp3) is 0.0833. The van der Waals surface area contributed by atoms with Crippen LogP contribution in [-0.4, -0.2) is 25.5 Å². The maximum Gasteiger partial charge on any atom is 0.387 e. The Kier molecular flexibility index (Phi) is 7.28. The van der Waals surface area contributed by atoms with Crippen molar-refractivity contribution in [2.45, 2.75) is 6.61 Å². The number of halogens is 3. The number of hydrogen-bond acceptors (Lipinski definition) is 5. The topological polar surface area (TPSA) is 61.8 Å². The van der Waals surface area contributed by atoms with Crippen LogP contribution in [-0.2, 0) is 4.79 Å². The number of carbonyl (C=O) groups excluding carboxylic acids is 2. The highest BCUT2D eigenvalue weighted by molar-refractivity contribution is 6.09. The second-order valence-electron chi connectivity index (χ2n) is 6.37. The predicted octanol–water partition coefficient (Wildman–Crippen LogP) is 5.29. The van der Waals surface area contributed by atoms with Crippen molar-refractivity contribution in [3.63, 3.8) is 0 Å². The van der Waals surface area contributed by atoms with E-state index in [4.69, 9.17) is 9.47 Å². The van der Waals surface area contributed by atoms with Crippen molar-refractivity contribution < 1.29 is 37.0 Å². The van der Waals surface area contributed by atoms with Crippen LogP contribution in [0.1, 0.15) is 21.5 Å². The van der Waals surface area contributed by atoms with Crippen molar-refractivity contribution in [1.82, 2.24) is 0 Å². The van der Waals surface area contributed by atoms with Crippen molar-refractivity contribution >= 4 is 17.8 Å². The first-order valence-corrected chi connectivity index (χ1v) is 9.29. The first kappa shape index (κ1) is 22.6. The van der Waals surface area contributed by atoms with Gasteiger partial charge in [-0.3, -0.25) is 4.79 Å². The van der Waals surface area contributed by atoms with Crippen molar-refractivity contribution in [3.8, 4) is 17.2 Å². The van der Waals surface area contributed by atoms with Gasteiger partial charge in [-0.15, -0.1) is 0 Å². The average molecular weight is 442 g/mol. The summed E-state index contributed by atoms with van der Waals surface area (Å²) < 4.78 is 53.0. The van der Waals surface area contributed by atoms with Crippen LogP contribution in [0.2, 0.25) is 0 Å². The van der Waals surface area contributed by atoms with Crippen LogP contribution in [0.25, 0.3) is 6.08 Å². The minimum Gasteiger partial charge on any atom is -0.493 e. The molecule has 0 aromatic heterocycles. The number of alkyl halides is 2. The average Bonchev–Trinajstić information content (AvgIpc) is 2.78. The monoisotopic (exact) mass is 442 g/mol. The summed E-state index contributed by atoms with van der Waals surface area (Å²) in [4.78, 5) is 24.5. The van der Waals surface area contributed by atoms with Crippen LogP contribution in [0.15, 0.2) is 72.8 Å². The van der Waals surface area contributed by atoms with Crippen LogP contribution in [0, 0.1) is 5.82 Å². The second-order valence-corrected chi connectivity index (χ2v) is 6.37. The van der Waals surface area contributed by atoms with Crippen LogP contribution in [0.4, 0.5) is 13.2 Å². The molecule has 3 aromatic carbocycles. The van der Waals surface area contributed by atoms with Gasteiger partial charge in [0, 0.05) is 22.8 Å². The Morgan fingerprint density at radius 3 is 2.12 bits per heavy atom. The van der Waals surface area contributed by atoms with Crippen LogP contribution < -0.4 is 14.2 Å². The Hall–Kier alpha value is -4.07. The summed E-state index contributed by atoms with van der Waals surface area (Å²) in [5.74, 6) is -1.48. The minimum absolute atomic E-state index is 0.0854. The summed E-state index contributed by atoms with van der Waals surface area (Å²) in [6.45, 7) is -3.07. The lowest BCUT2D eigenvalue weighted by Gasteiger charge is -2.12. The number of carbonyl (C=O) groups is 2. The molecule has 3 rings (SSSR count). The Morgan fingerprint density at radius 1 is 0.906 bits per heavy atom. The van der Waals surface area contributed by atoms with E-state index in [1.54, 1.807) is 6.07 Å². The lowest BCUT2D eigenvalue weighted by molar-refractivity contribution is -0.128. The summed E-state index contributed by atoms with van der Waals surface area (Å²) >= 11 is 0. The first-order valence-electron chi connectivity index (χ1n) is 9.29. The molecule has 0 fully saturated rings. The summed E-state index contributed by atoms with van der Waals surface area (Å²) in [5.41, 5.74) is 0.846. The normalized spacial score (nSPS) is 10.9. The number of methoxy groups -OCH3 is 1. The molecule has 0 aliphatic rings. The molecule has 8 heteroatoms. The maximum atomic E-state index is 13.0. The van der Waals surface area contributed by atoms with Crippen molar-refractivity contribution in [2.24, 2.45) is 0 Å². The van der Waals surface area contributed by atoms with Gasteiger partial charge >= 0.3 is 12.6 Å². The van der Waals surface area contributed by atoms with Gasteiger partial charge < -0.3 is 14.2 Å². The molecule has 164 valence electrons. The molecule has 0 amide bonds. The molecule has 5 nitrogen and oxygen atoms in total. The highest BCUT2D eigenvalue weighted by atomic mass is 19.3. The molecule has 0 unspecified atom stereocenters. The highest BCUT2D eigenvalue weighted by Gasteiger charge is 2.14. The molecule has 0 atom stereocenters. The van der Waals surface area contributed by atoms with Gasteiger partial charge in [0.15, 0.2) is 17.3 Å². The molecule has 0 aliphatic heterocycles. The third-order valence-electron chi connectivity index (χ3n) is 4.28. The minimum atomic E-state index is -3.07. The van der Waals surface area contributed by atoms with E-state index in [1.165, 1.54) is 73.8 Å². The van der Waals surface area contributed by atoms with Gasteiger partial charge in [0.1, 0.15) is 11.6 Å². The highest BCUT2D eigenvalue weighted by Crippen LogP contribution is 2.33. The third-order valence-corrected chi connectivity index (χ3v) is 4.28. The molecule has 0 saturated carbocycles. The van der Waals surface area contributed by atoms with Gasteiger partial charge in [-0.25, -0.2) is 9.18 Å². The lowest BCUT2D eigenvalue weighted by Crippen LogP contribution is -2.06. The quantitative estimate of drug-likeness (QED) is 0.205. The number of ether oxygens (including phenoxy) is 3. The second kappa shape index (κ2) is 10.3. The zero-order chi connectivity index (χ0) is 23.1. The number of para-hydroxylation sites is 1. The first-order chi connectivity index (χ1) is 15.4. The van der Waals surface area contributed by atoms with E-state index >= 15 is 0 Å². The molecule has 32 heavy (non-hydrogen) atoms. The Bertz CT molecular complexity index is 1120. The van der Waals surface area contributed by atoms with Crippen molar-refractivity contribution in [2.75, 3.05) is 7.11 Å². The summed E-state index contributed by atoms with van der Waals surface area (Å²) in [6.07, 6.45) is 2.31. The lowest BCUT2D eigenvalue weighted by atomic mass is 10.0. The number of hydrogen-bond donors (Lipinski definition) is 0. The number of benzene rings is 3. The molecule has 0 saturated heterocycles. The van der Waals surface area contributed by atoms with E-state index in [9.17, 15) is 22.8 Å². The van der Waals surface area contributed by atoms with Gasteiger partial charge in [0.05, 0.1) is 7.11 Å². The molecule has 0 heterocycles. The molecular weight excluding hydrogens is 425 g/mol. The Labute approximate surface area is 181 Å². The number of ketones is 1. The molecule has 0 spiro atoms. The van der Waals surface area contributed by atoms with Crippen LogP contribution in [0.5, 0.6) is 17.2 Å². The molecule has 0 bridgehead atoms. The molecule has 3 aromatic rings. The zero-order valence-electron chi connectivity index (χ0n) is 16.8. The van der Waals surface area contributed by atoms with Gasteiger partial charge in [-0.1, -0.05) is 12.1 Å². The number of rotatable bonds is 8. The fourth-order valence-electron chi connectivity index (χ4n) is 2.79. The maximum absolute atomic E-state index is 13.0. The van der Waals surface area contributed by atoms with E-state index in [-0.39, 0.29) is 28.6 Å². The zero-order valence-corrected chi connectivity index (χ0v) is 16.8. The SMILES string of the molecule is COc1cccc(C=CC(=O)Oc2ccc(C(=O)c3ccc(F)cc3)cc2)c1OC(F)F. The van der Waals surface area contributed by atoms with Gasteiger partial charge in [-0.2, -0.15) is 8.78 Å². The largest absolute Gasteiger partial charge is 0.493 e. The van der Waals surface area contributed by atoms with Crippen LogP contribution in [0.3, 0.4) is 0 Å². The molecule has 0 radical (unpaired) electrons. The standard InChI is InChI=1S/C24H17F3O5/c1-30-20-4-2-3-17(23(20)32-24(26)27)9-14-21(28)31-19-12-7-16(8-13-19)22(29)15-5-10-18(25)11-6-15/h2-14,24H,1H3. The van der Waals surface area contributed by atoms with E-state index in [2.05, 4.69) is 4.74 Å². The van der Waals surface area contributed by atoms with E-state index < -0.39 is 18.4 Å². The molecule has 0 N–H and O–H groups in total. The van der Waals surface area contributed by atoms with E-state index in [1.807, 2.05) is 0 Å². The fourth-order valence-corrected chi connectivity index (χ4v) is 2.79. The third kappa shape index (κ3) is 5.75. The van der Waals surface area contributed by atoms with Gasteiger partial charge in [0.25, 0.3) is 0 Å². The smallest absolute Gasteiger partial charge is 0.387 e. The van der Waals surface area contributed by atoms with Crippen molar-refractivity contribution in [3.05, 3.63) is 95.3 Å². The summed E-state index contributed by atoms with van der Waals surface area (Å²) in [5, 5.41) is 0. The van der Waals surface area contributed by atoms with E-state index in [0.717, 1.165) is 6.08 Å². The summed E-state index contributed by atoms with van der Waals surface area (Å²) in [6, 6.07) is 15.4. The Balaban J connectivity index is 1.68. The Morgan fingerprint density at radius 2 is 1.53 bits per heavy atom. The van der Waals surface area contributed by atoms with Crippen LogP contribution >= 0.6 is 0 Å². The number of esters is 1. The predicted molar refractivity (Wildman–Crippen MR) is 111 cm³/mol. The summed E-state index contributed by atoms with van der Waals surface area (Å²) in [7, 11) is 1.31. The van der Waals surface area contributed by atoms with E-state index in [0.29, 0.717) is 11.1 Å². The molecular formula is C24H17F3O5. The molecule has 0 aliphatic carbocycles.